The van der Waals surface area contributed by atoms with Crippen molar-refractivity contribution in [2.75, 3.05) is 32.8 Å². The van der Waals surface area contributed by atoms with Crippen LogP contribution in [0.2, 0.25) is 0 Å². The van der Waals surface area contributed by atoms with E-state index in [0.29, 0.717) is 0 Å². The molecule has 1 N–H and O–H groups in total. The fraction of sp³-hybridized carbons (Fsp3) is 0.588. The quantitative estimate of drug-likeness (QED) is 0.802. The molecule has 0 radical (unpaired) electrons. The second-order valence-corrected chi connectivity index (χ2v) is 5.55. The van der Waals surface area contributed by atoms with Crippen molar-refractivity contribution in [2.24, 2.45) is 0 Å². The van der Waals surface area contributed by atoms with Crippen molar-refractivity contribution < 1.29 is 27.8 Å². The van der Waals surface area contributed by atoms with E-state index >= 15 is 0 Å². The Balaban J connectivity index is 0.000000351. The molecule has 7 heteroatoms. The lowest BCUT2D eigenvalue weighted by Crippen LogP contribution is -2.36. The number of unbranched alkanes of at least 4 members (excludes halogenated alkanes) is 2. The van der Waals surface area contributed by atoms with Crippen LogP contribution in [-0.2, 0) is 16.0 Å². The van der Waals surface area contributed by atoms with Crippen LogP contribution in [0.25, 0.3) is 0 Å². The number of rotatable bonds is 6. The number of aryl methyl sites for hydroxylation is 1. The smallest absolute Gasteiger partial charge is 0.475 e. The van der Waals surface area contributed by atoms with E-state index in [1.54, 1.807) is 0 Å². The molecule has 1 aliphatic heterocycles. The van der Waals surface area contributed by atoms with Gasteiger partial charge in [-0.2, -0.15) is 13.2 Å². The van der Waals surface area contributed by atoms with Crippen molar-refractivity contribution >= 4 is 5.97 Å². The van der Waals surface area contributed by atoms with Gasteiger partial charge in [0.1, 0.15) is 0 Å². The lowest BCUT2D eigenvalue weighted by Gasteiger charge is -2.26. The maximum absolute atomic E-state index is 10.6. The first-order chi connectivity index (χ1) is 11.4. The highest BCUT2D eigenvalue weighted by atomic mass is 19.4. The van der Waals surface area contributed by atoms with Gasteiger partial charge in [0, 0.05) is 13.1 Å². The molecule has 1 aromatic carbocycles. The van der Waals surface area contributed by atoms with E-state index in [2.05, 4.69) is 35.2 Å². The summed E-state index contributed by atoms with van der Waals surface area (Å²) in [5.41, 5.74) is 1.47. The average Bonchev–Trinajstić information content (AvgIpc) is 2.56. The fourth-order valence-electron chi connectivity index (χ4n) is 2.31. The molecule has 0 unspecified atom stereocenters. The van der Waals surface area contributed by atoms with Crippen molar-refractivity contribution in [3.05, 3.63) is 35.9 Å². The Kier molecular flexibility index (Phi) is 9.41. The number of hydrogen-bond donors (Lipinski definition) is 1. The molecule has 136 valence electrons. The highest BCUT2D eigenvalue weighted by Crippen LogP contribution is 2.13. The number of benzene rings is 1. The van der Waals surface area contributed by atoms with Gasteiger partial charge in [-0.3, -0.25) is 4.90 Å². The van der Waals surface area contributed by atoms with Gasteiger partial charge in [0.25, 0.3) is 0 Å². The standard InChI is InChI=1S/C15H23NO.C2HF3O2/c1-3-7-15(8-4-1)9-5-2-6-10-16-11-13-17-14-12-16;3-2(4,5)1(6)7/h1,3-4,7-8H,2,5-6,9-14H2;(H,6,7). The van der Waals surface area contributed by atoms with Crippen LogP contribution in [0.15, 0.2) is 30.3 Å². The first kappa shape index (κ1) is 20.4. The van der Waals surface area contributed by atoms with E-state index in [1.807, 2.05) is 0 Å². The molecule has 0 bridgehead atoms. The molecule has 0 spiro atoms. The van der Waals surface area contributed by atoms with Gasteiger partial charge in [-0.15, -0.1) is 0 Å². The number of carbonyl (C=O) groups is 1. The van der Waals surface area contributed by atoms with Crippen molar-refractivity contribution in [1.82, 2.24) is 4.90 Å². The molecule has 0 saturated carbocycles. The van der Waals surface area contributed by atoms with Crippen LogP contribution in [-0.4, -0.2) is 55.0 Å². The summed E-state index contributed by atoms with van der Waals surface area (Å²) in [6.45, 7) is 5.34. The highest BCUT2D eigenvalue weighted by molar-refractivity contribution is 5.73. The minimum atomic E-state index is -5.08. The molecular weight excluding hydrogens is 323 g/mol. The van der Waals surface area contributed by atoms with Crippen molar-refractivity contribution in [2.45, 2.75) is 31.9 Å². The van der Waals surface area contributed by atoms with Gasteiger partial charge in [0.15, 0.2) is 0 Å². The Morgan fingerprint density at radius 2 is 1.67 bits per heavy atom. The second kappa shape index (κ2) is 11.0. The monoisotopic (exact) mass is 347 g/mol. The molecule has 2 rings (SSSR count). The van der Waals surface area contributed by atoms with Gasteiger partial charge in [-0.05, 0) is 31.4 Å². The third kappa shape index (κ3) is 9.52. The molecule has 1 fully saturated rings. The number of carboxylic acids is 1. The number of nitrogens with zero attached hydrogens (tertiary/aromatic N) is 1. The molecule has 1 heterocycles. The van der Waals surface area contributed by atoms with Crippen LogP contribution in [0.4, 0.5) is 13.2 Å². The number of alkyl halides is 3. The Bertz CT molecular complexity index is 460. The zero-order valence-electron chi connectivity index (χ0n) is 13.6. The third-order valence-electron chi connectivity index (χ3n) is 3.63. The number of halogens is 3. The summed E-state index contributed by atoms with van der Waals surface area (Å²) >= 11 is 0. The Labute approximate surface area is 140 Å². The SMILES string of the molecule is O=C(O)C(F)(F)F.c1ccc(CCCCCN2CCOCC2)cc1. The highest BCUT2D eigenvalue weighted by Gasteiger charge is 2.38. The number of ether oxygens (including phenoxy) is 1. The van der Waals surface area contributed by atoms with Gasteiger partial charge in [0.05, 0.1) is 13.2 Å². The van der Waals surface area contributed by atoms with E-state index in [4.69, 9.17) is 14.6 Å². The van der Waals surface area contributed by atoms with E-state index in [-0.39, 0.29) is 0 Å². The first-order valence-corrected chi connectivity index (χ1v) is 8.03. The van der Waals surface area contributed by atoms with Crippen LogP contribution in [0, 0.1) is 0 Å². The Morgan fingerprint density at radius 1 is 1.08 bits per heavy atom. The van der Waals surface area contributed by atoms with Gasteiger partial charge < -0.3 is 9.84 Å². The predicted molar refractivity (Wildman–Crippen MR) is 84.9 cm³/mol. The zero-order chi connectivity index (χ0) is 17.8. The molecule has 1 aromatic rings. The molecule has 0 amide bonds. The number of morpholine rings is 1. The summed E-state index contributed by atoms with van der Waals surface area (Å²) in [7, 11) is 0. The van der Waals surface area contributed by atoms with Crippen LogP contribution in [0.5, 0.6) is 0 Å². The number of carboxylic acid groups (broad SMARTS) is 1. The lowest BCUT2D eigenvalue weighted by molar-refractivity contribution is -0.192. The van der Waals surface area contributed by atoms with Crippen LogP contribution < -0.4 is 0 Å². The summed E-state index contributed by atoms with van der Waals surface area (Å²) < 4.78 is 37.1. The second-order valence-electron chi connectivity index (χ2n) is 5.55. The number of hydrogen-bond acceptors (Lipinski definition) is 3. The fourth-order valence-corrected chi connectivity index (χ4v) is 2.31. The van der Waals surface area contributed by atoms with Crippen molar-refractivity contribution in [3.8, 4) is 0 Å². The third-order valence-corrected chi connectivity index (χ3v) is 3.63. The van der Waals surface area contributed by atoms with Crippen LogP contribution in [0.1, 0.15) is 24.8 Å². The van der Waals surface area contributed by atoms with Gasteiger partial charge in [-0.25, -0.2) is 4.79 Å². The van der Waals surface area contributed by atoms with E-state index < -0.39 is 12.1 Å². The molecule has 1 aliphatic rings. The van der Waals surface area contributed by atoms with Gasteiger partial charge >= 0.3 is 12.1 Å². The molecule has 0 atom stereocenters. The van der Waals surface area contributed by atoms with Crippen molar-refractivity contribution in [3.63, 3.8) is 0 Å². The zero-order valence-corrected chi connectivity index (χ0v) is 13.6. The summed E-state index contributed by atoms with van der Waals surface area (Å²) in [5.74, 6) is -2.76. The lowest BCUT2D eigenvalue weighted by atomic mass is 10.1. The van der Waals surface area contributed by atoms with Crippen LogP contribution in [0.3, 0.4) is 0 Å². The first-order valence-electron chi connectivity index (χ1n) is 8.03. The topological polar surface area (TPSA) is 49.8 Å². The maximum Gasteiger partial charge on any atom is 0.490 e. The van der Waals surface area contributed by atoms with E-state index in [0.717, 1.165) is 26.3 Å². The molecule has 4 nitrogen and oxygen atoms in total. The predicted octanol–water partition coefficient (Wildman–Crippen LogP) is 3.36. The summed E-state index contributed by atoms with van der Waals surface area (Å²) in [6.07, 6.45) is 0.122. The molecule has 0 aliphatic carbocycles. The minimum absolute atomic E-state index is 0.921. The Morgan fingerprint density at radius 3 is 2.21 bits per heavy atom. The van der Waals surface area contributed by atoms with Gasteiger partial charge in [0.2, 0.25) is 0 Å². The molecule has 1 saturated heterocycles. The minimum Gasteiger partial charge on any atom is -0.475 e. The summed E-state index contributed by atoms with van der Waals surface area (Å²) in [5, 5.41) is 7.12. The van der Waals surface area contributed by atoms with Gasteiger partial charge in [-0.1, -0.05) is 36.8 Å². The number of aliphatic carboxylic acids is 1. The van der Waals surface area contributed by atoms with Crippen LogP contribution >= 0.6 is 0 Å². The molecular formula is C17H24F3NO3. The normalized spacial score (nSPS) is 15.5. The van der Waals surface area contributed by atoms with E-state index in [1.165, 1.54) is 37.8 Å². The summed E-state index contributed by atoms with van der Waals surface area (Å²) in [4.78, 5) is 11.4. The van der Waals surface area contributed by atoms with Crippen molar-refractivity contribution in [1.29, 1.82) is 0 Å². The summed E-state index contributed by atoms with van der Waals surface area (Å²) in [6, 6.07) is 10.8. The maximum atomic E-state index is 10.6. The largest absolute Gasteiger partial charge is 0.490 e. The molecule has 0 aromatic heterocycles. The Hall–Kier alpha value is -1.60. The molecule has 24 heavy (non-hydrogen) atoms. The average molecular weight is 347 g/mol. The van der Waals surface area contributed by atoms with E-state index in [9.17, 15) is 13.2 Å².